The molecule has 1 saturated heterocycles. The molecule has 0 unspecified atom stereocenters. The third kappa shape index (κ3) is 5.71. The molecule has 2 heterocycles. The third-order valence-corrected chi connectivity index (χ3v) is 7.19. The van der Waals surface area contributed by atoms with Crippen LogP contribution < -0.4 is 10.6 Å². The fourth-order valence-corrected chi connectivity index (χ4v) is 5.52. The van der Waals surface area contributed by atoms with Crippen LogP contribution in [-0.2, 0) is 14.4 Å². The van der Waals surface area contributed by atoms with Crippen molar-refractivity contribution in [3.63, 3.8) is 0 Å². The molecule has 154 valence electrons. The van der Waals surface area contributed by atoms with Gasteiger partial charge >= 0.3 is 0 Å². The minimum absolute atomic E-state index is 0.126. The summed E-state index contributed by atoms with van der Waals surface area (Å²) >= 11 is 4.00. The van der Waals surface area contributed by atoms with Gasteiger partial charge in [-0.3, -0.25) is 19.7 Å². The molecule has 0 spiro atoms. The minimum atomic E-state index is -0.499. The molecule has 2 aromatic rings. The second-order valence-electron chi connectivity index (χ2n) is 6.52. The molecular formula is C18H21N5O3S3. The molecular weight excluding hydrogens is 430 g/mol. The lowest BCUT2D eigenvalue weighted by Crippen LogP contribution is -2.43. The zero-order valence-electron chi connectivity index (χ0n) is 16.2. The highest BCUT2D eigenvalue weighted by molar-refractivity contribution is 8.01. The van der Waals surface area contributed by atoms with E-state index in [0.29, 0.717) is 21.1 Å². The summed E-state index contributed by atoms with van der Waals surface area (Å²) in [5.74, 6) is 0.726. The second-order valence-corrected chi connectivity index (χ2v) is 9.72. The molecule has 2 N–H and O–H groups in total. The van der Waals surface area contributed by atoms with Crippen LogP contribution in [0.3, 0.4) is 0 Å². The number of nitrogens with one attached hydrogen (secondary N) is 2. The number of thioether (sulfide) groups is 2. The van der Waals surface area contributed by atoms with Crippen molar-refractivity contribution in [1.29, 1.82) is 0 Å². The van der Waals surface area contributed by atoms with Crippen LogP contribution in [0.25, 0.3) is 0 Å². The zero-order valence-corrected chi connectivity index (χ0v) is 18.7. The van der Waals surface area contributed by atoms with Crippen LogP contribution in [-0.4, -0.2) is 56.2 Å². The van der Waals surface area contributed by atoms with Crippen LogP contribution in [0.15, 0.2) is 22.5 Å². The Morgan fingerprint density at radius 2 is 2.03 bits per heavy atom. The lowest BCUT2D eigenvalue weighted by molar-refractivity contribution is -0.134. The number of carbonyl (C=O) groups is 3. The predicted molar refractivity (Wildman–Crippen MR) is 117 cm³/mol. The fourth-order valence-electron chi connectivity index (χ4n) is 2.74. The highest BCUT2D eigenvalue weighted by Crippen LogP contribution is 2.27. The topological polar surface area (TPSA) is 104 Å². The fraction of sp³-hybridized carbons (Fsp3) is 0.389. The Morgan fingerprint density at radius 3 is 2.76 bits per heavy atom. The summed E-state index contributed by atoms with van der Waals surface area (Å²) in [5.41, 5.74) is 2.94. The summed E-state index contributed by atoms with van der Waals surface area (Å²) in [6.07, 6.45) is 0. The Morgan fingerprint density at radius 1 is 1.24 bits per heavy atom. The van der Waals surface area contributed by atoms with E-state index < -0.39 is 6.04 Å². The van der Waals surface area contributed by atoms with Crippen LogP contribution in [0.4, 0.5) is 10.8 Å². The molecule has 1 aromatic carbocycles. The molecule has 1 aromatic heterocycles. The first-order valence-corrected chi connectivity index (χ1v) is 11.8. The molecule has 29 heavy (non-hydrogen) atoms. The molecule has 11 heteroatoms. The largest absolute Gasteiger partial charge is 0.325 e. The number of benzene rings is 1. The summed E-state index contributed by atoms with van der Waals surface area (Å²) in [6, 6.07) is 5.35. The van der Waals surface area contributed by atoms with Crippen LogP contribution >= 0.6 is 34.9 Å². The van der Waals surface area contributed by atoms with E-state index >= 15 is 0 Å². The Balaban J connectivity index is 1.50. The molecule has 1 atom stereocenters. The molecule has 1 fully saturated rings. The van der Waals surface area contributed by atoms with Crippen LogP contribution in [0, 0.1) is 13.8 Å². The average Bonchev–Trinajstić information content (AvgIpc) is 3.32. The number of aryl methyl sites for hydroxylation is 2. The molecule has 3 amide bonds. The number of aromatic nitrogens is 2. The maximum atomic E-state index is 12.4. The van der Waals surface area contributed by atoms with E-state index in [9.17, 15) is 14.4 Å². The van der Waals surface area contributed by atoms with Gasteiger partial charge in [-0.15, -0.1) is 22.0 Å². The molecule has 0 aliphatic carbocycles. The highest BCUT2D eigenvalue weighted by Gasteiger charge is 2.33. The monoisotopic (exact) mass is 451 g/mol. The van der Waals surface area contributed by atoms with Gasteiger partial charge in [0, 0.05) is 18.4 Å². The number of amides is 3. The van der Waals surface area contributed by atoms with Crippen molar-refractivity contribution in [2.24, 2.45) is 0 Å². The van der Waals surface area contributed by atoms with E-state index in [1.165, 1.54) is 46.7 Å². The molecule has 1 aliphatic rings. The standard InChI is InChI=1S/C18H21N5O3S3/c1-10-4-5-13(11(2)6-10)19-15(25)8-28-18-22-21-17(29-18)20-16(26)14-7-27-9-23(14)12(3)24/h4-6,14H,7-9H2,1-3H3,(H,19,25)(H,20,21,26)/t14-/m0/s1. The van der Waals surface area contributed by atoms with Gasteiger partial charge in [0.2, 0.25) is 22.9 Å². The van der Waals surface area contributed by atoms with Crippen molar-refractivity contribution in [2.45, 2.75) is 31.2 Å². The first kappa shape index (κ1) is 21.6. The smallest absolute Gasteiger partial charge is 0.249 e. The Labute approximate surface area is 181 Å². The lowest BCUT2D eigenvalue weighted by atomic mass is 10.1. The van der Waals surface area contributed by atoms with Crippen molar-refractivity contribution in [2.75, 3.05) is 28.0 Å². The summed E-state index contributed by atoms with van der Waals surface area (Å²) in [5, 5.41) is 13.9. The Hall–Kier alpha value is -2.11. The highest BCUT2D eigenvalue weighted by atomic mass is 32.2. The normalized spacial score (nSPS) is 16.0. The SMILES string of the molecule is CC(=O)N1CSC[C@H]1C(=O)Nc1nnc(SCC(=O)Nc2ccc(C)cc2C)s1. The van der Waals surface area contributed by atoms with Gasteiger partial charge in [0.25, 0.3) is 0 Å². The zero-order chi connectivity index (χ0) is 21.0. The molecule has 3 rings (SSSR count). The molecule has 0 bridgehead atoms. The van der Waals surface area contributed by atoms with Gasteiger partial charge in [-0.1, -0.05) is 40.8 Å². The van der Waals surface area contributed by atoms with Crippen molar-refractivity contribution in [1.82, 2.24) is 15.1 Å². The van der Waals surface area contributed by atoms with E-state index in [-0.39, 0.29) is 23.5 Å². The molecule has 8 nitrogen and oxygen atoms in total. The second kappa shape index (κ2) is 9.59. The van der Waals surface area contributed by atoms with Crippen molar-refractivity contribution >= 4 is 63.4 Å². The third-order valence-electron chi connectivity index (χ3n) is 4.21. The maximum absolute atomic E-state index is 12.4. The van der Waals surface area contributed by atoms with Crippen LogP contribution in [0.1, 0.15) is 18.1 Å². The van der Waals surface area contributed by atoms with Crippen molar-refractivity contribution in [3.05, 3.63) is 29.3 Å². The number of carbonyl (C=O) groups excluding carboxylic acids is 3. The van der Waals surface area contributed by atoms with Gasteiger partial charge in [-0.2, -0.15) is 0 Å². The number of anilines is 2. The van der Waals surface area contributed by atoms with Gasteiger partial charge < -0.3 is 10.2 Å². The molecule has 1 aliphatic heterocycles. The van der Waals surface area contributed by atoms with Crippen molar-refractivity contribution in [3.8, 4) is 0 Å². The van der Waals surface area contributed by atoms with E-state index in [1.54, 1.807) is 0 Å². The maximum Gasteiger partial charge on any atom is 0.249 e. The van der Waals surface area contributed by atoms with Gasteiger partial charge in [0.05, 0.1) is 11.6 Å². The van der Waals surface area contributed by atoms with Gasteiger partial charge in [0.1, 0.15) is 6.04 Å². The quantitative estimate of drug-likeness (QED) is 0.514. The number of nitrogens with zero attached hydrogens (tertiary/aromatic N) is 3. The predicted octanol–water partition coefficient (Wildman–Crippen LogP) is 2.75. The Kier molecular flexibility index (Phi) is 7.14. The summed E-state index contributed by atoms with van der Waals surface area (Å²) < 4.78 is 0.584. The Bertz CT molecular complexity index is 933. The first-order valence-electron chi connectivity index (χ1n) is 8.82. The van der Waals surface area contributed by atoms with Crippen LogP contribution in [0.5, 0.6) is 0 Å². The average molecular weight is 452 g/mol. The van der Waals surface area contributed by atoms with Gasteiger partial charge in [-0.05, 0) is 25.5 Å². The van der Waals surface area contributed by atoms with E-state index in [2.05, 4.69) is 20.8 Å². The van der Waals surface area contributed by atoms with Crippen molar-refractivity contribution < 1.29 is 14.4 Å². The van der Waals surface area contributed by atoms with Gasteiger partial charge in [-0.25, -0.2) is 0 Å². The number of hydrogen-bond donors (Lipinski definition) is 2. The summed E-state index contributed by atoms with van der Waals surface area (Å²) in [7, 11) is 0. The summed E-state index contributed by atoms with van der Waals surface area (Å²) in [4.78, 5) is 37.7. The number of hydrogen-bond acceptors (Lipinski definition) is 8. The van der Waals surface area contributed by atoms with E-state index in [1.807, 2.05) is 32.0 Å². The number of rotatable bonds is 6. The minimum Gasteiger partial charge on any atom is -0.325 e. The van der Waals surface area contributed by atoms with E-state index in [0.717, 1.165) is 16.8 Å². The molecule has 0 radical (unpaired) electrons. The summed E-state index contributed by atoms with van der Waals surface area (Å²) in [6.45, 7) is 5.41. The first-order chi connectivity index (χ1) is 13.8. The molecule has 0 saturated carbocycles. The van der Waals surface area contributed by atoms with E-state index in [4.69, 9.17) is 0 Å². The van der Waals surface area contributed by atoms with Crippen LogP contribution in [0.2, 0.25) is 0 Å². The lowest BCUT2D eigenvalue weighted by Gasteiger charge is -2.20. The van der Waals surface area contributed by atoms with Gasteiger partial charge in [0.15, 0.2) is 4.34 Å².